The Morgan fingerprint density at radius 1 is 1.56 bits per heavy atom. The zero-order valence-corrected chi connectivity index (χ0v) is 10.3. The molecule has 0 aromatic heterocycles. The first-order valence-corrected chi connectivity index (χ1v) is 5.88. The van der Waals surface area contributed by atoms with Crippen LogP contribution in [0.3, 0.4) is 0 Å². The van der Waals surface area contributed by atoms with Crippen molar-refractivity contribution in [1.29, 1.82) is 5.26 Å². The van der Waals surface area contributed by atoms with Crippen LogP contribution in [0.2, 0.25) is 5.02 Å². The van der Waals surface area contributed by atoms with Crippen LogP contribution in [0, 0.1) is 26.9 Å². The molecule has 0 aliphatic heterocycles. The molecule has 0 heterocycles. The van der Waals surface area contributed by atoms with E-state index in [0.717, 1.165) is 12.8 Å². The summed E-state index contributed by atoms with van der Waals surface area (Å²) in [7, 11) is 0. The fraction of sp³-hybridized carbons (Fsp3) is 0.417. The van der Waals surface area contributed by atoms with Crippen LogP contribution < -0.4 is 4.74 Å². The van der Waals surface area contributed by atoms with E-state index in [1.807, 2.05) is 0 Å². The topological polar surface area (TPSA) is 76.2 Å². The van der Waals surface area contributed by atoms with Gasteiger partial charge in [-0.3, -0.25) is 10.1 Å². The SMILES string of the molecule is N#CCC1(COc2c(Cl)cccc2[N+](=O)[O-])CC1. The summed E-state index contributed by atoms with van der Waals surface area (Å²) in [5.74, 6) is 0.0911. The van der Waals surface area contributed by atoms with Crippen molar-refractivity contribution < 1.29 is 9.66 Å². The van der Waals surface area contributed by atoms with Gasteiger partial charge in [0.15, 0.2) is 0 Å². The minimum Gasteiger partial charge on any atom is -0.485 e. The Hall–Kier alpha value is -1.80. The van der Waals surface area contributed by atoms with Crippen LogP contribution in [0.1, 0.15) is 19.3 Å². The number of rotatable bonds is 5. The van der Waals surface area contributed by atoms with Crippen LogP contribution >= 0.6 is 11.6 Å². The molecule has 0 saturated heterocycles. The van der Waals surface area contributed by atoms with Crippen LogP contribution in [0.25, 0.3) is 0 Å². The summed E-state index contributed by atoms with van der Waals surface area (Å²) >= 11 is 5.91. The van der Waals surface area contributed by atoms with Crippen molar-refractivity contribution >= 4 is 17.3 Å². The van der Waals surface area contributed by atoms with E-state index in [2.05, 4.69) is 6.07 Å². The maximum absolute atomic E-state index is 10.9. The normalized spacial score (nSPS) is 15.8. The third kappa shape index (κ3) is 2.54. The molecule has 0 amide bonds. The van der Waals surface area contributed by atoms with Gasteiger partial charge in [0.1, 0.15) is 0 Å². The van der Waals surface area contributed by atoms with Gasteiger partial charge in [0, 0.05) is 17.9 Å². The van der Waals surface area contributed by atoms with Gasteiger partial charge in [0.25, 0.3) is 0 Å². The Labute approximate surface area is 109 Å². The third-order valence-electron chi connectivity index (χ3n) is 3.08. The predicted octanol–water partition coefficient (Wildman–Crippen LogP) is 3.32. The lowest BCUT2D eigenvalue weighted by atomic mass is 10.1. The number of para-hydroxylation sites is 1. The largest absolute Gasteiger partial charge is 0.485 e. The molecular weight excluding hydrogens is 256 g/mol. The van der Waals surface area contributed by atoms with Gasteiger partial charge in [-0.1, -0.05) is 17.7 Å². The maximum Gasteiger partial charge on any atom is 0.312 e. The number of nitro groups is 1. The van der Waals surface area contributed by atoms with Crippen molar-refractivity contribution in [3.05, 3.63) is 33.3 Å². The monoisotopic (exact) mass is 266 g/mol. The summed E-state index contributed by atoms with van der Waals surface area (Å²) in [4.78, 5) is 10.3. The molecule has 0 bridgehead atoms. The summed E-state index contributed by atoms with van der Waals surface area (Å²) in [6.07, 6.45) is 2.24. The summed E-state index contributed by atoms with van der Waals surface area (Å²) in [6, 6.07) is 6.52. The first-order valence-electron chi connectivity index (χ1n) is 5.51. The molecule has 94 valence electrons. The molecule has 1 fully saturated rings. The number of nitrogens with zero attached hydrogens (tertiary/aromatic N) is 2. The maximum atomic E-state index is 10.9. The zero-order chi connectivity index (χ0) is 13.2. The molecule has 0 unspecified atom stereocenters. The quantitative estimate of drug-likeness (QED) is 0.605. The molecule has 1 saturated carbocycles. The van der Waals surface area contributed by atoms with Crippen LogP contribution in [0.4, 0.5) is 5.69 Å². The molecule has 1 aliphatic rings. The Balaban J connectivity index is 2.14. The second kappa shape index (κ2) is 4.83. The minimum absolute atomic E-state index is 0.0911. The van der Waals surface area contributed by atoms with Gasteiger partial charge in [-0.05, 0) is 18.9 Å². The van der Waals surface area contributed by atoms with Gasteiger partial charge in [-0.15, -0.1) is 0 Å². The Morgan fingerprint density at radius 2 is 2.28 bits per heavy atom. The summed E-state index contributed by atoms with van der Waals surface area (Å²) in [5, 5.41) is 19.8. The fourth-order valence-electron chi connectivity index (χ4n) is 1.73. The molecule has 1 aromatic rings. The summed E-state index contributed by atoms with van der Waals surface area (Å²) in [6.45, 7) is 0.297. The molecular formula is C12H11ClN2O3. The number of benzene rings is 1. The second-order valence-corrected chi connectivity index (χ2v) is 4.88. The number of hydrogen-bond donors (Lipinski definition) is 0. The summed E-state index contributed by atoms with van der Waals surface area (Å²) < 4.78 is 5.48. The molecule has 5 nitrogen and oxygen atoms in total. The Bertz CT molecular complexity index is 521. The molecule has 2 rings (SSSR count). The minimum atomic E-state index is -0.523. The lowest BCUT2D eigenvalue weighted by Crippen LogP contribution is -2.13. The van der Waals surface area contributed by atoms with Crippen molar-refractivity contribution in [1.82, 2.24) is 0 Å². The van der Waals surface area contributed by atoms with Crippen LogP contribution in [-0.4, -0.2) is 11.5 Å². The van der Waals surface area contributed by atoms with E-state index in [0.29, 0.717) is 13.0 Å². The second-order valence-electron chi connectivity index (χ2n) is 4.47. The molecule has 0 N–H and O–H groups in total. The van der Waals surface area contributed by atoms with Gasteiger partial charge < -0.3 is 4.74 Å². The van der Waals surface area contributed by atoms with E-state index in [1.54, 1.807) is 6.07 Å². The number of nitro benzene ring substituents is 1. The molecule has 0 atom stereocenters. The molecule has 1 aliphatic carbocycles. The van der Waals surface area contributed by atoms with Crippen molar-refractivity contribution in [3.63, 3.8) is 0 Å². The van der Waals surface area contributed by atoms with Crippen LogP contribution in [0.15, 0.2) is 18.2 Å². The third-order valence-corrected chi connectivity index (χ3v) is 3.37. The molecule has 6 heteroatoms. The van der Waals surface area contributed by atoms with Gasteiger partial charge in [0.2, 0.25) is 5.75 Å². The van der Waals surface area contributed by atoms with Crippen molar-refractivity contribution in [2.45, 2.75) is 19.3 Å². The molecule has 0 spiro atoms. The highest BCUT2D eigenvalue weighted by molar-refractivity contribution is 6.32. The first kappa shape index (κ1) is 12.7. The van der Waals surface area contributed by atoms with Gasteiger partial charge >= 0.3 is 5.69 Å². The lowest BCUT2D eigenvalue weighted by Gasteiger charge is -2.13. The Morgan fingerprint density at radius 3 is 2.83 bits per heavy atom. The van der Waals surface area contributed by atoms with Crippen molar-refractivity contribution in [2.75, 3.05) is 6.61 Å². The standard InChI is InChI=1S/C12H11ClN2O3/c13-9-2-1-3-10(15(16)17)11(9)18-8-12(4-5-12)6-7-14/h1-3H,4-6,8H2. The number of nitriles is 1. The molecule has 0 radical (unpaired) electrons. The van der Waals surface area contributed by atoms with E-state index < -0.39 is 4.92 Å². The summed E-state index contributed by atoms with van der Waals surface area (Å²) in [5.41, 5.74) is -0.280. The van der Waals surface area contributed by atoms with Crippen LogP contribution in [-0.2, 0) is 0 Å². The fourth-order valence-corrected chi connectivity index (χ4v) is 1.95. The zero-order valence-electron chi connectivity index (χ0n) is 9.56. The predicted molar refractivity (Wildman–Crippen MR) is 65.5 cm³/mol. The van der Waals surface area contributed by atoms with E-state index in [4.69, 9.17) is 21.6 Å². The highest BCUT2D eigenvalue weighted by Crippen LogP contribution is 2.49. The highest BCUT2D eigenvalue weighted by atomic mass is 35.5. The van der Waals surface area contributed by atoms with Gasteiger partial charge in [-0.25, -0.2) is 0 Å². The molecule has 18 heavy (non-hydrogen) atoms. The average Bonchev–Trinajstić information content (AvgIpc) is 3.08. The lowest BCUT2D eigenvalue weighted by molar-refractivity contribution is -0.385. The van der Waals surface area contributed by atoms with E-state index in [-0.39, 0.29) is 21.9 Å². The highest BCUT2D eigenvalue weighted by Gasteiger charge is 2.43. The van der Waals surface area contributed by atoms with Crippen molar-refractivity contribution in [2.24, 2.45) is 5.41 Å². The van der Waals surface area contributed by atoms with Crippen molar-refractivity contribution in [3.8, 4) is 11.8 Å². The smallest absolute Gasteiger partial charge is 0.312 e. The van der Waals surface area contributed by atoms with Crippen LogP contribution in [0.5, 0.6) is 5.75 Å². The number of halogens is 1. The first-order chi connectivity index (χ1) is 8.58. The molecule has 1 aromatic carbocycles. The van der Waals surface area contributed by atoms with E-state index >= 15 is 0 Å². The number of hydrogen-bond acceptors (Lipinski definition) is 4. The van der Waals surface area contributed by atoms with Gasteiger partial charge in [0.05, 0.1) is 22.6 Å². The van der Waals surface area contributed by atoms with E-state index in [9.17, 15) is 10.1 Å². The Kier molecular flexibility index (Phi) is 3.39. The van der Waals surface area contributed by atoms with Gasteiger partial charge in [-0.2, -0.15) is 5.26 Å². The van der Waals surface area contributed by atoms with E-state index in [1.165, 1.54) is 12.1 Å². The number of ether oxygens (including phenoxy) is 1. The average molecular weight is 267 g/mol.